The van der Waals surface area contributed by atoms with Gasteiger partial charge in [-0.1, -0.05) is 255 Å². The summed E-state index contributed by atoms with van der Waals surface area (Å²) in [6.07, 6.45) is 0. The Balaban J connectivity index is 1.07. The van der Waals surface area contributed by atoms with Crippen molar-refractivity contribution in [2.24, 2.45) is 0 Å². The number of para-hydroxylation sites is 1. The fourth-order valence-electron chi connectivity index (χ4n) is 12.0. The standard InChI is InChI=1S/C68H47N/c1-5-21-48(22-6-1)50-37-39-52(40-38-50)57-29-14-20-36-66(57)69(55-43-41-51(42-44-55)49-23-7-2-8-24-49)56-45-46-59-58-30-13-15-31-60(58)68(65(59)47-56)63-34-18-16-32-61(63)67(53-25-9-3-10-26-53,54-27-11-4-12-28-54)62-33-17-19-35-64(62)68/h1-47H. The average molecular weight is 878 g/mol. The van der Waals surface area contributed by atoms with Crippen molar-refractivity contribution in [3.8, 4) is 44.5 Å². The lowest BCUT2D eigenvalue weighted by molar-refractivity contribution is 0.623. The van der Waals surface area contributed by atoms with Gasteiger partial charge in [0.15, 0.2) is 0 Å². The van der Waals surface area contributed by atoms with Crippen LogP contribution in [0, 0.1) is 0 Å². The van der Waals surface area contributed by atoms with Crippen LogP contribution < -0.4 is 4.90 Å². The molecule has 0 amide bonds. The Bertz CT molecular complexity index is 3540. The molecular formula is C68H47N. The molecule has 1 heteroatoms. The predicted octanol–water partition coefficient (Wildman–Crippen LogP) is 17.2. The van der Waals surface area contributed by atoms with Crippen LogP contribution in [0.3, 0.4) is 0 Å². The van der Waals surface area contributed by atoms with E-state index in [9.17, 15) is 0 Å². The van der Waals surface area contributed by atoms with Crippen molar-refractivity contribution in [1.82, 2.24) is 0 Å². The minimum atomic E-state index is -0.627. The molecule has 0 N–H and O–H groups in total. The van der Waals surface area contributed by atoms with Gasteiger partial charge in [-0.25, -0.2) is 0 Å². The molecule has 1 nitrogen and oxygen atoms in total. The molecule has 2 aliphatic rings. The summed E-state index contributed by atoms with van der Waals surface area (Å²) in [6, 6.07) is 106. The lowest BCUT2D eigenvalue weighted by Gasteiger charge is -2.50. The van der Waals surface area contributed by atoms with E-state index in [1.807, 2.05) is 0 Å². The van der Waals surface area contributed by atoms with Gasteiger partial charge in [0.1, 0.15) is 0 Å². The Morgan fingerprint density at radius 1 is 0.217 bits per heavy atom. The largest absolute Gasteiger partial charge is 0.310 e. The summed E-state index contributed by atoms with van der Waals surface area (Å²) in [6.45, 7) is 0. The van der Waals surface area contributed by atoms with Crippen molar-refractivity contribution < 1.29 is 0 Å². The van der Waals surface area contributed by atoms with Crippen LogP contribution in [0.15, 0.2) is 285 Å². The topological polar surface area (TPSA) is 3.24 Å². The zero-order valence-corrected chi connectivity index (χ0v) is 38.1. The number of nitrogens with zero attached hydrogens (tertiary/aromatic N) is 1. The summed E-state index contributed by atoms with van der Waals surface area (Å²) < 4.78 is 0. The quantitative estimate of drug-likeness (QED) is 0.147. The van der Waals surface area contributed by atoms with Crippen molar-refractivity contribution >= 4 is 17.1 Å². The van der Waals surface area contributed by atoms with Crippen molar-refractivity contribution in [2.45, 2.75) is 10.8 Å². The molecule has 11 aromatic carbocycles. The first-order chi connectivity index (χ1) is 34.2. The Morgan fingerprint density at radius 3 is 1.12 bits per heavy atom. The van der Waals surface area contributed by atoms with E-state index in [1.165, 1.54) is 77.9 Å². The monoisotopic (exact) mass is 877 g/mol. The maximum atomic E-state index is 2.52. The number of hydrogen-bond donors (Lipinski definition) is 0. The van der Waals surface area contributed by atoms with Crippen LogP contribution in [-0.4, -0.2) is 0 Å². The Morgan fingerprint density at radius 2 is 0.580 bits per heavy atom. The van der Waals surface area contributed by atoms with Crippen LogP contribution in [0.1, 0.15) is 44.5 Å². The van der Waals surface area contributed by atoms with Gasteiger partial charge in [-0.3, -0.25) is 0 Å². The van der Waals surface area contributed by atoms with E-state index in [0.717, 1.165) is 28.2 Å². The van der Waals surface area contributed by atoms with E-state index >= 15 is 0 Å². The van der Waals surface area contributed by atoms with E-state index < -0.39 is 10.8 Å². The van der Waals surface area contributed by atoms with E-state index in [-0.39, 0.29) is 0 Å². The minimum Gasteiger partial charge on any atom is -0.310 e. The molecule has 1 spiro atoms. The highest BCUT2D eigenvalue weighted by molar-refractivity contribution is 5.94. The summed E-state index contributed by atoms with van der Waals surface area (Å²) in [5.41, 5.74) is 22.0. The average Bonchev–Trinajstić information content (AvgIpc) is 3.72. The zero-order valence-electron chi connectivity index (χ0n) is 38.1. The van der Waals surface area contributed by atoms with Gasteiger partial charge in [0.2, 0.25) is 0 Å². The van der Waals surface area contributed by atoms with Crippen LogP contribution in [-0.2, 0) is 10.8 Å². The molecule has 0 fully saturated rings. The Hall–Kier alpha value is -8.78. The second kappa shape index (κ2) is 16.5. The third-order valence-corrected chi connectivity index (χ3v) is 14.9. The second-order valence-corrected chi connectivity index (χ2v) is 18.3. The molecule has 0 radical (unpaired) electrons. The summed E-state index contributed by atoms with van der Waals surface area (Å²) in [5.74, 6) is 0. The summed E-state index contributed by atoms with van der Waals surface area (Å²) >= 11 is 0. The Kier molecular flexibility index (Phi) is 9.70. The van der Waals surface area contributed by atoms with Gasteiger partial charge in [-0.15, -0.1) is 0 Å². The van der Waals surface area contributed by atoms with Crippen molar-refractivity contribution in [3.63, 3.8) is 0 Å². The van der Waals surface area contributed by atoms with E-state index in [4.69, 9.17) is 0 Å². The van der Waals surface area contributed by atoms with Gasteiger partial charge in [0.25, 0.3) is 0 Å². The fourth-order valence-corrected chi connectivity index (χ4v) is 12.0. The van der Waals surface area contributed by atoms with E-state index in [0.29, 0.717) is 0 Å². The SMILES string of the molecule is c1ccc(-c2ccc(-c3ccccc3N(c3ccc(-c4ccccc4)cc3)c3ccc4c(c3)C3(c5ccccc5-4)c4ccccc4C(c4ccccc4)(c4ccccc4)c4ccccc43)cc2)cc1. The third-order valence-electron chi connectivity index (χ3n) is 14.9. The molecule has 11 aromatic rings. The number of anilines is 3. The first-order valence-electron chi connectivity index (χ1n) is 24.0. The summed E-state index contributed by atoms with van der Waals surface area (Å²) in [5, 5.41) is 0. The molecule has 324 valence electrons. The van der Waals surface area contributed by atoms with Crippen LogP contribution in [0.25, 0.3) is 44.5 Å². The fraction of sp³-hybridized carbons (Fsp3) is 0.0294. The Labute approximate surface area is 404 Å². The summed E-state index contributed by atoms with van der Waals surface area (Å²) in [7, 11) is 0. The van der Waals surface area contributed by atoms with Gasteiger partial charge in [-0.05, 0) is 114 Å². The number of benzene rings is 11. The maximum Gasteiger partial charge on any atom is 0.0720 e. The smallest absolute Gasteiger partial charge is 0.0720 e. The number of rotatable bonds is 8. The number of fused-ring (bicyclic) bond motifs is 9. The molecule has 0 unspecified atom stereocenters. The molecule has 0 atom stereocenters. The van der Waals surface area contributed by atoms with Gasteiger partial charge < -0.3 is 4.90 Å². The van der Waals surface area contributed by atoms with Gasteiger partial charge in [0, 0.05) is 16.9 Å². The molecule has 0 heterocycles. The molecule has 69 heavy (non-hydrogen) atoms. The zero-order chi connectivity index (χ0) is 45.8. The number of hydrogen-bond acceptors (Lipinski definition) is 1. The summed E-state index contributed by atoms with van der Waals surface area (Å²) in [4.78, 5) is 2.48. The normalized spacial score (nSPS) is 13.4. The van der Waals surface area contributed by atoms with Crippen molar-refractivity contribution in [2.75, 3.05) is 4.90 Å². The molecule has 0 bridgehead atoms. The molecule has 0 saturated carbocycles. The molecule has 0 aromatic heterocycles. The van der Waals surface area contributed by atoms with Gasteiger partial charge >= 0.3 is 0 Å². The lowest BCUT2D eigenvalue weighted by Crippen LogP contribution is -2.44. The molecular weight excluding hydrogens is 831 g/mol. The third kappa shape index (κ3) is 6.24. The van der Waals surface area contributed by atoms with Crippen LogP contribution in [0.4, 0.5) is 17.1 Å². The highest BCUT2D eigenvalue weighted by Crippen LogP contribution is 2.65. The minimum absolute atomic E-state index is 0.572. The molecule has 2 aliphatic carbocycles. The first-order valence-corrected chi connectivity index (χ1v) is 24.0. The molecule has 0 saturated heterocycles. The van der Waals surface area contributed by atoms with Gasteiger partial charge in [-0.2, -0.15) is 0 Å². The molecule has 13 rings (SSSR count). The van der Waals surface area contributed by atoms with Gasteiger partial charge in [0.05, 0.1) is 16.5 Å². The lowest BCUT2D eigenvalue weighted by atomic mass is 9.51. The van der Waals surface area contributed by atoms with Crippen molar-refractivity contribution in [3.05, 3.63) is 330 Å². The highest BCUT2D eigenvalue weighted by Gasteiger charge is 2.56. The van der Waals surface area contributed by atoms with E-state index in [2.05, 4.69) is 290 Å². The first kappa shape index (κ1) is 40.5. The predicted molar refractivity (Wildman–Crippen MR) is 287 cm³/mol. The van der Waals surface area contributed by atoms with Crippen LogP contribution in [0.2, 0.25) is 0 Å². The molecule has 0 aliphatic heterocycles. The van der Waals surface area contributed by atoms with Crippen LogP contribution in [0.5, 0.6) is 0 Å². The highest BCUT2D eigenvalue weighted by atomic mass is 15.1. The second-order valence-electron chi connectivity index (χ2n) is 18.3. The van der Waals surface area contributed by atoms with Crippen LogP contribution >= 0.6 is 0 Å². The van der Waals surface area contributed by atoms with Crippen molar-refractivity contribution in [1.29, 1.82) is 0 Å². The van der Waals surface area contributed by atoms with E-state index in [1.54, 1.807) is 0 Å². The maximum absolute atomic E-state index is 2.52.